The van der Waals surface area contributed by atoms with E-state index in [1.165, 1.54) is 49.3 Å². The van der Waals surface area contributed by atoms with Gasteiger partial charge < -0.3 is 14.6 Å². The highest BCUT2D eigenvalue weighted by atomic mass is 32.1. The normalized spacial score (nSPS) is 15.1. The monoisotopic (exact) mass is 418 g/mol. The topological polar surface area (TPSA) is 45.3 Å². The van der Waals surface area contributed by atoms with Crippen LogP contribution < -0.4 is 10.3 Å². The highest BCUT2D eigenvalue weighted by molar-refractivity contribution is 7.17. The summed E-state index contributed by atoms with van der Waals surface area (Å²) < 4.78 is 6.48. The van der Waals surface area contributed by atoms with Gasteiger partial charge in [-0.3, -0.25) is 4.79 Å². The van der Waals surface area contributed by atoms with Gasteiger partial charge in [-0.05, 0) is 67.1 Å². The summed E-state index contributed by atoms with van der Waals surface area (Å²) in [5, 5.41) is 4.01. The number of likely N-dealkylation sites (tertiary alicyclic amines) is 1. The first-order valence-corrected chi connectivity index (χ1v) is 11.5. The lowest BCUT2D eigenvalue weighted by Crippen LogP contribution is -2.31. The number of nitrogens with one attached hydrogen (secondary N) is 1. The molecule has 0 amide bonds. The molecule has 4 nitrogen and oxygen atoms in total. The summed E-state index contributed by atoms with van der Waals surface area (Å²) in [6.07, 6.45) is 5.12. The molecule has 0 aliphatic carbocycles. The third kappa shape index (κ3) is 3.53. The van der Waals surface area contributed by atoms with Crippen LogP contribution in [-0.4, -0.2) is 36.6 Å². The van der Waals surface area contributed by atoms with Gasteiger partial charge in [0.05, 0.1) is 7.11 Å². The molecule has 5 heteroatoms. The molecule has 1 N–H and O–H groups in total. The molecular weight excluding hydrogens is 392 g/mol. The van der Waals surface area contributed by atoms with Crippen molar-refractivity contribution < 1.29 is 4.74 Å². The Morgan fingerprint density at radius 3 is 2.60 bits per heavy atom. The molecule has 0 unspecified atom stereocenters. The number of nitrogens with zero attached hydrogens (tertiary/aromatic N) is 1. The van der Waals surface area contributed by atoms with Gasteiger partial charge in [0.1, 0.15) is 10.4 Å². The first kappa shape index (κ1) is 19.3. The minimum Gasteiger partial charge on any atom is -0.496 e. The highest BCUT2D eigenvalue weighted by Gasteiger charge is 2.16. The number of H-pyrrole nitrogens is 1. The van der Waals surface area contributed by atoms with Crippen LogP contribution in [0.2, 0.25) is 0 Å². The van der Waals surface area contributed by atoms with Crippen molar-refractivity contribution in [3.63, 3.8) is 0 Å². The molecule has 2 aromatic carbocycles. The van der Waals surface area contributed by atoms with Crippen molar-refractivity contribution in [2.45, 2.75) is 25.7 Å². The molecule has 0 bridgehead atoms. The Balaban J connectivity index is 1.53. The molecule has 1 saturated heterocycles. The van der Waals surface area contributed by atoms with Crippen molar-refractivity contribution in [2.75, 3.05) is 26.7 Å². The van der Waals surface area contributed by atoms with Crippen LogP contribution in [-0.2, 0) is 6.42 Å². The summed E-state index contributed by atoms with van der Waals surface area (Å²) in [6, 6.07) is 14.7. The Labute approximate surface area is 180 Å². The summed E-state index contributed by atoms with van der Waals surface area (Å²) in [6.45, 7) is 3.61. The van der Waals surface area contributed by atoms with Crippen LogP contribution in [0, 0.1) is 0 Å². The van der Waals surface area contributed by atoms with Crippen molar-refractivity contribution in [3.05, 3.63) is 63.8 Å². The number of hydrogen-bond acceptors (Lipinski definition) is 4. The smallest absolute Gasteiger partial charge is 0.266 e. The zero-order valence-corrected chi connectivity index (χ0v) is 18.1. The Kier molecular flexibility index (Phi) is 5.32. The van der Waals surface area contributed by atoms with E-state index in [0.29, 0.717) is 0 Å². The predicted octanol–water partition coefficient (Wildman–Crippen LogP) is 5.45. The van der Waals surface area contributed by atoms with E-state index < -0.39 is 0 Å². The molecule has 1 aliphatic heterocycles. The van der Waals surface area contributed by atoms with Gasteiger partial charge in [-0.1, -0.05) is 30.7 Å². The van der Waals surface area contributed by atoms with E-state index in [9.17, 15) is 4.79 Å². The highest BCUT2D eigenvalue weighted by Crippen LogP contribution is 2.40. The van der Waals surface area contributed by atoms with Gasteiger partial charge in [0, 0.05) is 28.4 Å². The first-order valence-electron chi connectivity index (χ1n) is 10.7. The van der Waals surface area contributed by atoms with Gasteiger partial charge in [0.15, 0.2) is 0 Å². The summed E-state index contributed by atoms with van der Waals surface area (Å²) >= 11 is 1.48. The quantitative estimate of drug-likeness (QED) is 0.469. The van der Waals surface area contributed by atoms with Gasteiger partial charge in [0.25, 0.3) is 5.56 Å². The van der Waals surface area contributed by atoms with Crippen LogP contribution >= 0.6 is 11.3 Å². The molecule has 2 aromatic heterocycles. The zero-order valence-electron chi connectivity index (χ0n) is 17.2. The van der Waals surface area contributed by atoms with Crippen molar-refractivity contribution in [2.24, 2.45) is 0 Å². The number of ether oxygens (including phenoxy) is 1. The first-order chi connectivity index (χ1) is 14.7. The average Bonchev–Trinajstić information content (AvgIpc) is 3.29. The van der Waals surface area contributed by atoms with E-state index >= 15 is 0 Å². The Morgan fingerprint density at radius 2 is 1.83 bits per heavy atom. The maximum Gasteiger partial charge on any atom is 0.266 e. The van der Waals surface area contributed by atoms with Gasteiger partial charge >= 0.3 is 0 Å². The number of pyridine rings is 1. The number of benzene rings is 2. The van der Waals surface area contributed by atoms with Crippen molar-refractivity contribution >= 4 is 32.3 Å². The zero-order chi connectivity index (χ0) is 20.5. The third-order valence-electron chi connectivity index (χ3n) is 6.18. The number of aromatic amines is 1. The Bertz CT molecular complexity index is 1230. The Hall–Kier alpha value is -2.63. The number of thiophene rings is 1. The summed E-state index contributed by atoms with van der Waals surface area (Å²) in [7, 11) is 1.70. The largest absolute Gasteiger partial charge is 0.496 e. The van der Waals surface area contributed by atoms with Crippen LogP contribution in [0.3, 0.4) is 0 Å². The predicted molar refractivity (Wildman–Crippen MR) is 126 cm³/mol. The van der Waals surface area contributed by atoms with E-state index in [1.54, 1.807) is 7.11 Å². The SMILES string of the molecule is COc1ccc2[nH]c(=O)c3sccc3c2c1-c1ccc(CCN2CCCCC2)cc1. The fourth-order valence-corrected chi connectivity index (χ4v) is 5.39. The molecule has 4 aromatic rings. The van der Waals surface area contributed by atoms with E-state index in [2.05, 4.69) is 34.1 Å². The summed E-state index contributed by atoms with van der Waals surface area (Å²) in [4.78, 5) is 18.0. The average molecular weight is 419 g/mol. The second-order valence-electron chi connectivity index (χ2n) is 8.03. The molecule has 0 atom stereocenters. The van der Waals surface area contributed by atoms with E-state index in [4.69, 9.17) is 4.74 Å². The summed E-state index contributed by atoms with van der Waals surface area (Å²) in [5.74, 6) is 0.822. The number of hydrogen-bond donors (Lipinski definition) is 1. The minimum absolute atomic E-state index is 0.0309. The van der Waals surface area contributed by atoms with Crippen LogP contribution in [0.15, 0.2) is 52.6 Å². The molecule has 1 aliphatic rings. The van der Waals surface area contributed by atoms with Gasteiger partial charge in [-0.15, -0.1) is 11.3 Å². The molecule has 5 rings (SSSR count). The lowest BCUT2D eigenvalue weighted by Gasteiger charge is -2.26. The minimum atomic E-state index is -0.0309. The van der Waals surface area contributed by atoms with Gasteiger partial charge in [-0.25, -0.2) is 0 Å². The maximum atomic E-state index is 12.4. The third-order valence-corrected chi connectivity index (χ3v) is 7.10. The summed E-state index contributed by atoms with van der Waals surface area (Å²) in [5.41, 5.74) is 4.32. The molecule has 0 radical (unpaired) electrons. The van der Waals surface area contributed by atoms with E-state index in [0.717, 1.165) is 50.8 Å². The van der Waals surface area contributed by atoms with Crippen LogP contribution in [0.1, 0.15) is 24.8 Å². The molecule has 3 heterocycles. The number of methoxy groups -OCH3 is 1. The molecule has 30 heavy (non-hydrogen) atoms. The molecule has 1 fully saturated rings. The Morgan fingerprint density at radius 1 is 1.03 bits per heavy atom. The fraction of sp³-hybridized carbons (Fsp3) is 0.320. The number of aromatic nitrogens is 1. The lowest BCUT2D eigenvalue weighted by atomic mass is 9.96. The van der Waals surface area contributed by atoms with Crippen LogP contribution in [0.4, 0.5) is 0 Å². The molecule has 154 valence electrons. The molecule has 0 spiro atoms. The molecular formula is C25H26N2O2S. The fourth-order valence-electron chi connectivity index (χ4n) is 4.59. The van der Waals surface area contributed by atoms with Crippen molar-refractivity contribution in [3.8, 4) is 16.9 Å². The molecule has 0 saturated carbocycles. The maximum absolute atomic E-state index is 12.4. The number of rotatable bonds is 5. The van der Waals surface area contributed by atoms with Gasteiger partial charge in [-0.2, -0.15) is 0 Å². The number of fused-ring (bicyclic) bond motifs is 3. The van der Waals surface area contributed by atoms with E-state index in [-0.39, 0.29) is 5.56 Å². The second-order valence-corrected chi connectivity index (χ2v) is 8.95. The second kappa shape index (κ2) is 8.25. The lowest BCUT2D eigenvalue weighted by molar-refractivity contribution is 0.231. The van der Waals surface area contributed by atoms with Gasteiger partial charge in [0.2, 0.25) is 0 Å². The van der Waals surface area contributed by atoms with E-state index in [1.807, 2.05) is 23.6 Å². The van der Waals surface area contributed by atoms with Crippen LogP contribution in [0.5, 0.6) is 5.75 Å². The van der Waals surface area contributed by atoms with Crippen LogP contribution in [0.25, 0.3) is 32.1 Å². The van der Waals surface area contributed by atoms with Crippen molar-refractivity contribution in [1.29, 1.82) is 0 Å². The standard InChI is InChI=1S/C25H26N2O2S/c1-29-21-10-9-20-23(19-12-16-30-24(19)25(28)26-20)22(21)18-7-5-17(6-8-18)11-15-27-13-3-2-4-14-27/h5-10,12,16H,2-4,11,13-15H2,1H3,(H,26,28). The number of piperidine rings is 1. The van der Waals surface area contributed by atoms with Crippen molar-refractivity contribution in [1.82, 2.24) is 9.88 Å².